The van der Waals surface area contributed by atoms with Gasteiger partial charge in [-0.05, 0) is 24.0 Å². The molecule has 1 aromatic rings. The van der Waals surface area contributed by atoms with E-state index in [-0.39, 0.29) is 12.5 Å². The first-order valence-corrected chi connectivity index (χ1v) is 6.73. The molecule has 2 rings (SSSR count). The van der Waals surface area contributed by atoms with Crippen LogP contribution in [0.4, 0.5) is 5.69 Å². The Bertz CT molecular complexity index is 436. The summed E-state index contributed by atoms with van der Waals surface area (Å²) in [6, 6.07) is 5.45. The van der Waals surface area contributed by atoms with Crippen molar-refractivity contribution in [3.05, 3.63) is 23.8 Å². The molecule has 1 aromatic carbocycles. The Morgan fingerprint density at radius 3 is 3.06 bits per heavy atom. The molecule has 1 unspecified atom stereocenters. The lowest BCUT2D eigenvalue weighted by molar-refractivity contribution is -0.120. The minimum Gasteiger partial charge on any atom is -0.482 e. The van der Waals surface area contributed by atoms with E-state index in [0.29, 0.717) is 11.5 Å². The molecule has 0 aliphatic carbocycles. The van der Waals surface area contributed by atoms with Gasteiger partial charge in [-0.3, -0.25) is 4.79 Å². The Morgan fingerprint density at radius 2 is 2.35 bits per heavy atom. The molecule has 0 saturated heterocycles. The summed E-state index contributed by atoms with van der Waals surface area (Å²) in [5.74, 6) is 1.25. The second-order valence-corrected chi connectivity index (χ2v) is 4.85. The van der Waals surface area contributed by atoms with Crippen molar-refractivity contribution in [1.82, 2.24) is 0 Å². The van der Waals surface area contributed by atoms with Gasteiger partial charge in [-0.15, -0.1) is 0 Å². The van der Waals surface area contributed by atoms with Gasteiger partial charge in [0.2, 0.25) is 0 Å². The highest BCUT2D eigenvalue weighted by Crippen LogP contribution is 2.33. The van der Waals surface area contributed by atoms with E-state index in [1.807, 2.05) is 18.4 Å². The fourth-order valence-corrected chi connectivity index (χ4v) is 2.26. The Balaban J connectivity index is 2.32. The number of thioether (sulfide) groups is 1. The molecular formula is C12H15NO3S. The lowest BCUT2D eigenvalue weighted by Crippen LogP contribution is -2.35. The summed E-state index contributed by atoms with van der Waals surface area (Å²) >= 11 is 1.58. The minimum absolute atomic E-state index is 0.0750. The Kier molecular flexibility index (Phi) is 3.59. The highest BCUT2D eigenvalue weighted by Gasteiger charge is 2.23. The van der Waals surface area contributed by atoms with E-state index in [2.05, 4.69) is 0 Å². The molecular weight excluding hydrogens is 238 g/mol. The summed E-state index contributed by atoms with van der Waals surface area (Å²) in [5, 5.41) is 9.91. The smallest absolute Gasteiger partial charge is 0.264 e. The number of amides is 1. The van der Waals surface area contributed by atoms with Gasteiger partial charge < -0.3 is 14.7 Å². The van der Waals surface area contributed by atoms with Gasteiger partial charge in [0.25, 0.3) is 5.91 Å². The second kappa shape index (κ2) is 4.98. The number of likely N-dealkylation sites (N-methyl/N-ethyl adjacent to an activating group) is 1. The van der Waals surface area contributed by atoms with Crippen LogP contribution in [0.2, 0.25) is 0 Å². The molecule has 1 aliphatic rings. The summed E-state index contributed by atoms with van der Waals surface area (Å²) in [4.78, 5) is 13.1. The number of rotatable bonds is 3. The number of hydrogen-bond acceptors (Lipinski definition) is 4. The van der Waals surface area contributed by atoms with E-state index < -0.39 is 6.10 Å². The van der Waals surface area contributed by atoms with Crippen molar-refractivity contribution in [3.8, 4) is 5.75 Å². The first-order valence-electron chi connectivity index (χ1n) is 5.33. The van der Waals surface area contributed by atoms with Crippen molar-refractivity contribution in [2.75, 3.05) is 30.6 Å². The van der Waals surface area contributed by atoms with Gasteiger partial charge in [0.1, 0.15) is 5.75 Å². The molecule has 92 valence electrons. The van der Waals surface area contributed by atoms with Crippen LogP contribution in [-0.2, 0) is 4.79 Å². The molecule has 0 fully saturated rings. The molecule has 0 aromatic heterocycles. The van der Waals surface area contributed by atoms with Gasteiger partial charge in [-0.25, -0.2) is 0 Å². The molecule has 0 spiro atoms. The topological polar surface area (TPSA) is 49.8 Å². The van der Waals surface area contributed by atoms with Crippen LogP contribution in [0, 0.1) is 0 Å². The average Bonchev–Trinajstić information content (AvgIpc) is 2.34. The van der Waals surface area contributed by atoms with Crippen LogP contribution in [0.15, 0.2) is 18.2 Å². The van der Waals surface area contributed by atoms with E-state index in [0.717, 1.165) is 11.3 Å². The van der Waals surface area contributed by atoms with Gasteiger partial charge >= 0.3 is 0 Å². The van der Waals surface area contributed by atoms with Gasteiger partial charge in [-0.2, -0.15) is 11.8 Å². The van der Waals surface area contributed by atoms with Crippen LogP contribution in [0.25, 0.3) is 0 Å². The summed E-state index contributed by atoms with van der Waals surface area (Å²) < 4.78 is 5.32. The van der Waals surface area contributed by atoms with Gasteiger partial charge in [0.05, 0.1) is 11.8 Å². The van der Waals surface area contributed by atoms with Crippen LogP contribution in [0.3, 0.4) is 0 Å². The number of ether oxygens (including phenoxy) is 1. The predicted octanol–water partition coefficient (Wildman–Crippen LogP) is 1.44. The van der Waals surface area contributed by atoms with Crippen molar-refractivity contribution >= 4 is 23.4 Å². The number of carbonyl (C=O) groups is 1. The van der Waals surface area contributed by atoms with Crippen LogP contribution in [0.1, 0.15) is 11.7 Å². The van der Waals surface area contributed by atoms with Crippen molar-refractivity contribution in [1.29, 1.82) is 0 Å². The van der Waals surface area contributed by atoms with Gasteiger partial charge in [-0.1, -0.05) is 6.07 Å². The van der Waals surface area contributed by atoms with Crippen LogP contribution in [-0.4, -0.2) is 36.7 Å². The largest absolute Gasteiger partial charge is 0.482 e. The van der Waals surface area contributed by atoms with Crippen LogP contribution < -0.4 is 9.64 Å². The second-order valence-electron chi connectivity index (χ2n) is 3.94. The third-order valence-corrected chi connectivity index (χ3v) is 3.43. The van der Waals surface area contributed by atoms with Crippen LogP contribution >= 0.6 is 11.8 Å². The Labute approximate surface area is 105 Å². The molecule has 1 heterocycles. The highest BCUT2D eigenvalue weighted by molar-refractivity contribution is 7.98. The Morgan fingerprint density at radius 1 is 1.59 bits per heavy atom. The third-order valence-electron chi connectivity index (χ3n) is 2.78. The normalized spacial score (nSPS) is 16.4. The van der Waals surface area contributed by atoms with Crippen LogP contribution in [0.5, 0.6) is 5.75 Å². The summed E-state index contributed by atoms with van der Waals surface area (Å²) in [6.07, 6.45) is 1.43. The molecule has 1 amide bonds. The third kappa shape index (κ3) is 2.40. The summed E-state index contributed by atoms with van der Waals surface area (Å²) in [5.41, 5.74) is 1.53. The summed E-state index contributed by atoms with van der Waals surface area (Å²) in [7, 11) is 1.72. The molecule has 0 radical (unpaired) electrons. The number of anilines is 1. The minimum atomic E-state index is -0.513. The predicted molar refractivity (Wildman–Crippen MR) is 68.7 cm³/mol. The van der Waals surface area contributed by atoms with E-state index in [9.17, 15) is 9.90 Å². The number of aliphatic hydroxyl groups excluding tert-OH is 1. The number of fused-ring (bicyclic) bond motifs is 1. The molecule has 5 heteroatoms. The fraction of sp³-hybridized carbons (Fsp3) is 0.417. The highest BCUT2D eigenvalue weighted by atomic mass is 32.2. The molecule has 0 bridgehead atoms. The maximum absolute atomic E-state index is 11.5. The van der Waals surface area contributed by atoms with Crippen molar-refractivity contribution in [2.45, 2.75) is 6.10 Å². The molecule has 0 saturated carbocycles. The fourth-order valence-electron chi connectivity index (χ4n) is 1.75. The molecule has 4 nitrogen and oxygen atoms in total. The Hall–Kier alpha value is -1.20. The zero-order valence-corrected chi connectivity index (χ0v) is 10.7. The van der Waals surface area contributed by atoms with E-state index in [1.54, 1.807) is 29.8 Å². The van der Waals surface area contributed by atoms with Crippen molar-refractivity contribution in [3.63, 3.8) is 0 Å². The van der Waals surface area contributed by atoms with Crippen molar-refractivity contribution < 1.29 is 14.6 Å². The van der Waals surface area contributed by atoms with E-state index in [1.165, 1.54) is 0 Å². The molecule has 17 heavy (non-hydrogen) atoms. The first-order chi connectivity index (χ1) is 8.13. The summed E-state index contributed by atoms with van der Waals surface area (Å²) in [6.45, 7) is 0.0796. The molecule has 1 aliphatic heterocycles. The number of aliphatic hydroxyl groups is 1. The number of hydrogen-bond donors (Lipinski definition) is 1. The zero-order chi connectivity index (χ0) is 12.4. The monoisotopic (exact) mass is 253 g/mol. The standard InChI is InChI=1S/C12H15NO3S/c1-13-9-5-8(10(14)7-17-2)3-4-11(9)16-6-12(13)15/h3-5,10,14H,6-7H2,1-2H3. The first kappa shape index (κ1) is 12.3. The number of nitrogens with zero attached hydrogens (tertiary/aromatic N) is 1. The zero-order valence-electron chi connectivity index (χ0n) is 9.84. The lowest BCUT2D eigenvalue weighted by Gasteiger charge is -2.26. The maximum atomic E-state index is 11.5. The average molecular weight is 253 g/mol. The lowest BCUT2D eigenvalue weighted by atomic mass is 10.1. The SMILES string of the molecule is CSCC(O)c1ccc2c(c1)N(C)C(=O)CO2. The quantitative estimate of drug-likeness (QED) is 0.885. The van der Waals surface area contributed by atoms with Gasteiger partial charge in [0.15, 0.2) is 6.61 Å². The van der Waals surface area contributed by atoms with Crippen molar-refractivity contribution in [2.24, 2.45) is 0 Å². The van der Waals surface area contributed by atoms with E-state index >= 15 is 0 Å². The number of carbonyl (C=O) groups excluding carboxylic acids is 1. The molecule has 1 N–H and O–H groups in total. The molecule has 1 atom stereocenters. The van der Waals surface area contributed by atoms with Gasteiger partial charge in [0, 0.05) is 12.8 Å². The van der Waals surface area contributed by atoms with E-state index in [4.69, 9.17) is 4.74 Å². The number of benzene rings is 1. The maximum Gasteiger partial charge on any atom is 0.264 e.